The lowest BCUT2D eigenvalue weighted by Crippen LogP contribution is -2.38. The fourth-order valence-electron chi connectivity index (χ4n) is 1.99. The summed E-state index contributed by atoms with van der Waals surface area (Å²) in [7, 11) is 0. The van der Waals surface area contributed by atoms with E-state index >= 15 is 0 Å². The van der Waals surface area contributed by atoms with E-state index in [0.717, 1.165) is 0 Å². The molecule has 1 atom stereocenters. The van der Waals surface area contributed by atoms with Gasteiger partial charge in [-0.2, -0.15) is 0 Å². The quantitative estimate of drug-likeness (QED) is 0.779. The third-order valence-corrected chi connectivity index (χ3v) is 2.72. The summed E-state index contributed by atoms with van der Waals surface area (Å²) in [5, 5.41) is 11.6. The van der Waals surface area contributed by atoms with Gasteiger partial charge in [-0.25, -0.2) is 4.98 Å². The van der Waals surface area contributed by atoms with Crippen LogP contribution in [0.1, 0.15) is 33.6 Å². The van der Waals surface area contributed by atoms with E-state index in [1.807, 2.05) is 17.7 Å². The van der Waals surface area contributed by atoms with Crippen LogP contribution < -0.4 is 5.32 Å². The number of carbonyl (C=O) groups excluding carboxylic acids is 1. The second-order valence-corrected chi connectivity index (χ2v) is 5.64. The number of amides is 1. The minimum Gasteiger partial charge on any atom is -0.481 e. The SMILES string of the molecule is CC(Cn1ccnc1)NC(=O)CC(C)(C)CC(=O)O. The van der Waals surface area contributed by atoms with Crippen LogP contribution in [-0.2, 0) is 16.1 Å². The summed E-state index contributed by atoms with van der Waals surface area (Å²) in [6, 6.07) is -0.0256. The molecule has 19 heavy (non-hydrogen) atoms. The molecule has 0 radical (unpaired) electrons. The molecular weight excluding hydrogens is 246 g/mol. The van der Waals surface area contributed by atoms with Crippen LogP contribution in [0.15, 0.2) is 18.7 Å². The van der Waals surface area contributed by atoms with E-state index in [1.54, 1.807) is 26.4 Å². The maximum atomic E-state index is 11.9. The zero-order valence-corrected chi connectivity index (χ0v) is 11.6. The molecule has 0 aromatic carbocycles. The Morgan fingerprint density at radius 1 is 1.42 bits per heavy atom. The predicted molar refractivity (Wildman–Crippen MR) is 70.5 cm³/mol. The summed E-state index contributed by atoms with van der Waals surface area (Å²) in [6.07, 6.45) is 5.39. The van der Waals surface area contributed by atoms with E-state index in [9.17, 15) is 9.59 Å². The maximum absolute atomic E-state index is 11.9. The van der Waals surface area contributed by atoms with Crippen molar-refractivity contribution in [3.05, 3.63) is 18.7 Å². The molecule has 0 aliphatic carbocycles. The highest BCUT2D eigenvalue weighted by Crippen LogP contribution is 2.24. The monoisotopic (exact) mass is 267 g/mol. The summed E-state index contributed by atoms with van der Waals surface area (Å²) in [5.74, 6) is -1.01. The van der Waals surface area contributed by atoms with Crippen LogP contribution >= 0.6 is 0 Å². The molecule has 1 unspecified atom stereocenters. The normalized spacial score (nSPS) is 13.0. The van der Waals surface area contributed by atoms with E-state index in [1.165, 1.54) is 0 Å². The lowest BCUT2D eigenvalue weighted by Gasteiger charge is -2.23. The zero-order valence-electron chi connectivity index (χ0n) is 11.6. The molecule has 1 heterocycles. The van der Waals surface area contributed by atoms with Crippen molar-refractivity contribution in [1.82, 2.24) is 14.9 Å². The molecule has 0 aliphatic heterocycles. The number of imidazole rings is 1. The van der Waals surface area contributed by atoms with Crippen molar-refractivity contribution < 1.29 is 14.7 Å². The Balaban J connectivity index is 2.40. The van der Waals surface area contributed by atoms with Gasteiger partial charge in [-0.15, -0.1) is 0 Å². The van der Waals surface area contributed by atoms with E-state index < -0.39 is 11.4 Å². The van der Waals surface area contributed by atoms with Crippen LogP contribution in [0, 0.1) is 5.41 Å². The van der Waals surface area contributed by atoms with Gasteiger partial charge in [0, 0.05) is 31.4 Å². The summed E-state index contributed by atoms with van der Waals surface area (Å²) in [6.45, 7) is 6.11. The summed E-state index contributed by atoms with van der Waals surface area (Å²) < 4.78 is 1.88. The molecule has 0 spiro atoms. The number of carboxylic acid groups (broad SMARTS) is 1. The maximum Gasteiger partial charge on any atom is 0.303 e. The first kappa shape index (κ1) is 15.2. The molecule has 1 aromatic heterocycles. The van der Waals surface area contributed by atoms with Gasteiger partial charge in [0.05, 0.1) is 12.7 Å². The third-order valence-electron chi connectivity index (χ3n) is 2.72. The molecule has 6 nitrogen and oxygen atoms in total. The smallest absolute Gasteiger partial charge is 0.303 e. The molecule has 0 fully saturated rings. The van der Waals surface area contributed by atoms with Crippen molar-refractivity contribution in [2.45, 2.75) is 46.2 Å². The molecular formula is C13H21N3O3. The number of hydrogen-bond donors (Lipinski definition) is 2. The average Bonchev–Trinajstić information content (AvgIpc) is 2.65. The molecule has 1 amide bonds. The number of carboxylic acids is 1. The van der Waals surface area contributed by atoms with E-state index in [0.29, 0.717) is 6.54 Å². The van der Waals surface area contributed by atoms with Crippen LogP contribution in [0.3, 0.4) is 0 Å². The van der Waals surface area contributed by atoms with E-state index in [2.05, 4.69) is 10.3 Å². The molecule has 0 aliphatic rings. The fourth-order valence-corrected chi connectivity index (χ4v) is 1.99. The van der Waals surface area contributed by atoms with Crippen molar-refractivity contribution in [3.8, 4) is 0 Å². The number of aromatic nitrogens is 2. The van der Waals surface area contributed by atoms with Crippen LogP contribution in [0.4, 0.5) is 0 Å². The first-order valence-corrected chi connectivity index (χ1v) is 6.25. The molecule has 1 aromatic rings. The predicted octanol–water partition coefficient (Wildman–Crippen LogP) is 1.28. The van der Waals surface area contributed by atoms with Crippen LogP contribution in [0.2, 0.25) is 0 Å². The first-order chi connectivity index (χ1) is 8.78. The Morgan fingerprint density at radius 3 is 2.63 bits per heavy atom. The second-order valence-electron chi connectivity index (χ2n) is 5.64. The van der Waals surface area contributed by atoms with Gasteiger partial charge in [0.2, 0.25) is 5.91 Å². The Labute approximate surface area is 112 Å². The van der Waals surface area contributed by atoms with Crippen molar-refractivity contribution in [1.29, 1.82) is 0 Å². The number of nitrogens with zero attached hydrogens (tertiary/aromatic N) is 2. The van der Waals surface area contributed by atoms with Crippen molar-refractivity contribution in [3.63, 3.8) is 0 Å². The Kier molecular flexibility index (Phi) is 5.09. The lowest BCUT2D eigenvalue weighted by atomic mass is 9.85. The van der Waals surface area contributed by atoms with Crippen LogP contribution in [-0.4, -0.2) is 32.6 Å². The summed E-state index contributed by atoms with van der Waals surface area (Å²) >= 11 is 0. The van der Waals surface area contributed by atoms with Gasteiger partial charge < -0.3 is 15.0 Å². The van der Waals surface area contributed by atoms with E-state index in [-0.39, 0.29) is 24.8 Å². The Hall–Kier alpha value is -1.85. The highest BCUT2D eigenvalue weighted by atomic mass is 16.4. The number of aliphatic carboxylic acids is 1. The summed E-state index contributed by atoms with van der Waals surface area (Å²) in [5.41, 5.74) is -0.537. The van der Waals surface area contributed by atoms with Crippen LogP contribution in [0.25, 0.3) is 0 Å². The molecule has 0 saturated carbocycles. The van der Waals surface area contributed by atoms with Crippen LogP contribution in [0.5, 0.6) is 0 Å². The fraction of sp³-hybridized carbons (Fsp3) is 0.615. The standard InChI is InChI=1S/C13H21N3O3/c1-10(8-16-5-4-14-9-16)15-11(17)6-13(2,3)7-12(18)19/h4-5,9-10H,6-8H2,1-3H3,(H,15,17)(H,18,19). The largest absolute Gasteiger partial charge is 0.481 e. The van der Waals surface area contributed by atoms with Gasteiger partial charge in [0.25, 0.3) is 0 Å². The number of rotatable bonds is 7. The molecule has 0 saturated heterocycles. The molecule has 106 valence electrons. The van der Waals surface area contributed by atoms with Gasteiger partial charge in [0.15, 0.2) is 0 Å². The van der Waals surface area contributed by atoms with Gasteiger partial charge in [0.1, 0.15) is 0 Å². The first-order valence-electron chi connectivity index (χ1n) is 6.25. The molecule has 1 rings (SSSR count). The number of hydrogen-bond acceptors (Lipinski definition) is 3. The highest BCUT2D eigenvalue weighted by molar-refractivity contribution is 5.78. The highest BCUT2D eigenvalue weighted by Gasteiger charge is 2.25. The number of nitrogens with one attached hydrogen (secondary N) is 1. The Morgan fingerprint density at radius 2 is 2.11 bits per heavy atom. The minimum absolute atomic E-state index is 0.0175. The third kappa shape index (κ3) is 6.03. The molecule has 2 N–H and O–H groups in total. The van der Waals surface area contributed by atoms with Crippen molar-refractivity contribution in [2.75, 3.05) is 0 Å². The lowest BCUT2D eigenvalue weighted by molar-refractivity contribution is -0.139. The molecule has 0 bridgehead atoms. The van der Waals surface area contributed by atoms with Gasteiger partial charge in [-0.3, -0.25) is 9.59 Å². The van der Waals surface area contributed by atoms with E-state index in [4.69, 9.17) is 5.11 Å². The molecule has 6 heteroatoms. The minimum atomic E-state index is -0.885. The second kappa shape index (κ2) is 6.36. The average molecular weight is 267 g/mol. The zero-order chi connectivity index (χ0) is 14.5. The van der Waals surface area contributed by atoms with Crippen molar-refractivity contribution in [2.24, 2.45) is 5.41 Å². The number of carbonyl (C=O) groups is 2. The van der Waals surface area contributed by atoms with Gasteiger partial charge in [-0.05, 0) is 12.3 Å². The van der Waals surface area contributed by atoms with Gasteiger partial charge >= 0.3 is 5.97 Å². The van der Waals surface area contributed by atoms with Gasteiger partial charge in [-0.1, -0.05) is 13.8 Å². The Bertz CT molecular complexity index is 426. The topological polar surface area (TPSA) is 84.2 Å². The summed E-state index contributed by atoms with van der Waals surface area (Å²) in [4.78, 5) is 26.5. The van der Waals surface area contributed by atoms with Crippen molar-refractivity contribution >= 4 is 11.9 Å².